The number of aromatic carboxylic acids is 1. The van der Waals surface area contributed by atoms with Gasteiger partial charge in [0.15, 0.2) is 5.03 Å². The number of carbonyl (C=O) groups is 1. The zero-order chi connectivity index (χ0) is 14.8. The van der Waals surface area contributed by atoms with Gasteiger partial charge in [0.1, 0.15) is 5.56 Å². The maximum atomic E-state index is 12.0. The van der Waals surface area contributed by atoms with E-state index in [2.05, 4.69) is 14.9 Å². The number of hydrogen-bond acceptors (Lipinski definition) is 5. The monoisotopic (exact) mass is 303 g/mol. The number of sulfonamides is 1. The maximum absolute atomic E-state index is 12.0. The predicted molar refractivity (Wildman–Crippen MR) is 68.7 cm³/mol. The summed E-state index contributed by atoms with van der Waals surface area (Å²) in [6, 6.07) is 0. The first-order valence-corrected chi connectivity index (χ1v) is 7.84. The quantitative estimate of drug-likeness (QED) is 0.602. The van der Waals surface area contributed by atoms with E-state index in [1.54, 1.807) is 0 Å². The molecule has 1 aliphatic rings. The first kappa shape index (κ1) is 14.9. The molecule has 20 heavy (non-hydrogen) atoms. The van der Waals surface area contributed by atoms with Gasteiger partial charge in [0, 0.05) is 6.54 Å². The molecule has 2 atom stereocenters. The van der Waals surface area contributed by atoms with Gasteiger partial charge in [-0.15, -0.1) is 0 Å². The molecule has 1 heterocycles. The van der Waals surface area contributed by atoms with E-state index in [0.717, 1.165) is 25.5 Å². The number of carboxylic acid groups (broad SMARTS) is 1. The van der Waals surface area contributed by atoms with E-state index in [0.29, 0.717) is 6.42 Å². The summed E-state index contributed by atoms with van der Waals surface area (Å²) in [4.78, 5) is 10.9. The predicted octanol–water partition coefficient (Wildman–Crippen LogP) is -0.0627. The van der Waals surface area contributed by atoms with Gasteiger partial charge in [0.05, 0.1) is 12.3 Å². The minimum atomic E-state index is -3.98. The first-order chi connectivity index (χ1) is 9.42. The number of rotatable bonds is 5. The standard InChI is InChI=1S/C11H17N3O5S/c15-9-4-2-1-3-7(9)5-13-20(18,19)10-8(11(16)17)6-12-14-10/h6-7,9,13,15H,1-5H2,(H,12,14)(H,16,17). The summed E-state index contributed by atoms with van der Waals surface area (Å²) in [5.41, 5.74) is -0.401. The van der Waals surface area contributed by atoms with Crippen LogP contribution < -0.4 is 4.72 Å². The molecule has 2 unspecified atom stereocenters. The molecule has 9 heteroatoms. The van der Waals surface area contributed by atoms with Gasteiger partial charge in [-0.25, -0.2) is 17.9 Å². The van der Waals surface area contributed by atoms with E-state index in [4.69, 9.17) is 5.11 Å². The number of hydrogen-bond donors (Lipinski definition) is 4. The fourth-order valence-corrected chi connectivity index (χ4v) is 3.53. The van der Waals surface area contributed by atoms with Gasteiger partial charge in [-0.1, -0.05) is 12.8 Å². The van der Waals surface area contributed by atoms with Crippen LogP contribution in [-0.2, 0) is 10.0 Å². The van der Waals surface area contributed by atoms with Gasteiger partial charge >= 0.3 is 5.97 Å². The molecular weight excluding hydrogens is 286 g/mol. The van der Waals surface area contributed by atoms with E-state index >= 15 is 0 Å². The Morgan fingerprint density at radius 2 is 2.15 bits per heavy atom. The molecule has 0 saturated heterocycles. The molecule has 0 aliphatic heterocycles. The number of aliphatic hydroxyl groups is 1. The largest absolute Gasteiger partial charge is 0.478 e. The molecule has 1 aromatic heterocycles. The lowest BCUT2D eigenvalue weighted by Gasteiger charge is -2.27. The molecule has 2 rings (SSSR count). The van der Waals surface area contributed by atoms with Gasteiger partial charge in [-0.2, -0.15) is 5.10 Å². The second kappa shape index (κ2) is 5.90. The molecule has 0 bridgehead atoms. The van der Waals surface area contributed by atoms with Gasteiger partial charge in [-0.05, 0) is 18.8 Å². The van der Waals surface area contributed by atoms with Crippen molar-refractivity contribution in [3.05, 3.63) is 11.8 Å². The van der Waals surface area contributed by atoms with Crippen LogP contribution in [0.5, 0.6) is 0 Å². The molecular formula is C11H17N3O5S. The summed E-state index contributed by atoms with van der Waals surface area (Å²) >= 11 is 0. The molecule has 0 spiro atoms. The molecule has 8 nitrogen and oxygen atoms in total. The molecule has 1 aromatic rings. The van der Waals surface area contributed by atoms with Crippen molar-refractivity contribution in [3.8, 4) is 0 Å². The lowest BCUT2D eigenvalue weighted by Crippen LogP contribution is -2.37. The molecule has 0 radical (unpaired) electrons. The highest BCUT2D eigenvalue weighted by Crippen LogP contribution is 2.24. The third kappa shape index (κ3) is 3.17. The number of H-pyrrole nitrogens is 1. The highest BCUT2D eigenvalue weighted by molar-refractivity contribution is 7.89. The molecule has 1 fully saturated rings. The number of aliphatic hydroxyl groups excluding tert-OH is 1. The summed E-state index contributed by atoms with van der Waals surface area (Å²) in [5.74, 6) is -1.51. The third-order valence-electron chi connectivity index (χ3n) is 3.51. The van der Waals surface area contributed by atoms with Crippen molar-refractivity contribution in [1.82, 2.24) is 14.9 Å². The van der Waals surface area contributed by atoms with Crippen molar-refractivity contribution in [1.29, 1.82) is 0 Å². The van der Waals surface area contributed by atoms with E-state index < -0.39 is 32.7 Å². The van der Waals surface area contributed by atoms with E-state index in [1.807, 2.05) is 0 Å². The number of aromatic amines is 1. The number of nitrogens with one attached hydrogen (secondary N) is 2. The smallest absolute Gasteiger partial charge is 0.340 e. The second-order valence-corrected chi connectivity index (χ2v) is 6.59. The Bertz CT molecular complexity index is 583. The van der Waals surface area contributed by atoms with Crippen LogP contribution in [0.2, 0.25) is 0 Å². The number of carboxylic acids is 1. The van der Waals surface area contributed by atoms with Crippen molar-refractivity contribution < 1.29 is 23.4 Å². The average molecular weight is 303 g/mol. The van der Waals surface area contributed by atoms with Crippen LogP contribution in [0.15, 0.2) is 11.2 Å². The van der Waals surface area contributed by atoms with Crippen LogP contribution in [-0.4, -0.2) is 47.4 Å². The van der Waals surface area contributed by atoms with Crippen LogP contribution in [0.25, 0.3) is 0 Å². The SMILES string of the molecule is O=C(O)c1cn[nH]c1S(=O)(=O)NCC1CCCCC1O. The zero-order valence-corrected chi connectivity index (χ0v) is 11.6. The molecule has 0 aromatic carbocycles. The van der Waals surface area contributed by atoms with E-state index in [9.17, 15) is 18.3 Å². The lowest BCUT2D eigenvalue weighted by atomic mass is 9.87. The van der Waals surface area contributed by atoms with Crippen molar-refractivity contribution in [2.75, 3.05) is 6.54 Å². The van der Waals surface area contributed by atoms with Crippen LogP contribution >= 0.6 is 0 Å². The van der Waals surface area contributed by atoms with Crippen LogP contribution in [0, 0.1) is 5.92 Å². The van der Waals surface area contributed by atoms with Gasteiger partial charge < -0.3 is 10.2 Å². The van der Waals surface area contributed by atoms with Crippen molar-refractivity contribution >= 4 is 16.0 Å². The second-order valence-electron chi connectivity index (χ2n) is 4.88. The molecule has 112 valence electrons. The number of nitrogens with zero attached hydrogens (tertiary/aromatic N) is 1. The van der Waals surface area contributed by atoms with Gasteiger partial charge in [0.2, 0.25) is 0 Å². The highest BCUT2D eigenvalue weighted by atomic mass is 32.2. The first-order valence-electron chi connectivity index (χ1n) is 6.36. The Balaban J connectivity index is 2.07. The Labute approximate surface area is 116 Å². The Kier molecular flexibility index (Phi) is 4.41. The van der Waals surface area contributed by atoms with E-state index in [1.165, 1.54) is 0 Å². The third-order valence-corrected chi connectivity index (χ3v) is 4.90. The van der Waals surface area contributed by atoms with Crippen molar-refractivity contribution in [3.63, 3.8) is 0 Å². The molecule has 0 amide bonds. The maximum Gasteiger partial charge on any atom is 0.340 e. The topological polar surface area (TPSA) is 132 Å². The number of aromatic nitrogens is 2. The highest BCUT2D eigenvalue weighted by Gasteiger charge is 2.28. The summed E-state index contributed by atoms with van der Waals surface area (Å²) < 4.78 is 26.4. The van der Waals surface area contributed by atoms with E-state index in [-0.39, 0.29) is 12.5 Å². The lowest BCUT2D eigenvalue weighted by molar-refractivity contribution is 0.0690. The Hall–Kier alpha value is -1.45. The summed E-state index contributed by atoms with van der Waals surface area (Å²) in [6.45, 7) is 0.0849. The van der Waals surface area contributed by atoms with Crippen LogP contribution in [0.3, 0.4) is 0 Å². The molecule has 1 saturated carbocycles. The fourth-order valence-electron chi connectivity index (χ4n) is 2.35. The summed E-state index contributed by atoms with van der Waals surface area (Å²) in [7, 11) is -3.98. The molecule has 4 N–H and O–H groups in total. The Morgan fingerprint density at radius 3 is 2.80 bits per heavy atom. The molecule has 1 aliphatic carbocycles. The normalized spacial score (nSPS) is 23.6. The minimum Gasteiger partial charge on any atom is -0.478 e. The van der Waals surface area contributed by atoms with Crippen LogP contribution in [0.4, 0.5) is 0 Å². The van der Waals surface area contributed by atoms with Crippen LogP contribution in [0.1, 0.15) is 36.0 Å². The summed E-state index contributed by atoms with van der Waals surface area (Å²) in [6.07, 6.45) is 3.73. The van der Waals surface area contributed by atoms with Gasteiger partial charge in [-0.3, -0.25) is 5.10 Å². The summed E-state index contributed by atoms with van der Waals surface area (Å²) in [5, 5.41) is 23.8. The van der Waals surface area contributed by atoms with Crippen molar-refractivity contribution in [2.45, 2.75) is 36.8 Å². The minimum absolute atomic E-state index is 0.0849. The average Bonchev–Trinajstić information content (AvgIpc) is 2.88. The fraction of sp³-hybridized carbons (Fsp3) is 0.636. The Morgan fingerprint density at radius 1 is 1.45 bits per heavy atom. The van der Waals surface area contributed by atoms with Gasteiger partial charge in [0.25, 0.3) is 10.0 Å². The zero-order valence-electron chi connectivity index (χ0n) is 10.7. The van der Waals surface area contributed by atoms with Crippen molar-refractivity contribution in [2.24, 2.45) is 5.92 Å².